The second-order valence-electron chi connectivity index (χ2n) is 6.52. The number of rotatable bonds is 6. The third-order valence-electron chi connectivity index (χ3n) is 4.79. The first-order valence-corrected chi connectivity index (χ1v) is 8.52. The number of likely N-dealkylation sites (N-methyl/N-ethyl adjacent to an activating group) is 1. The fraction of sp³-hybridized carbons (Fsp3) is 0.875. The molecule has 0 radical (unpaired) electrons. The van der Waals surface area contributed by atoms with Crippen LogP contribution < -0.4 is 10.6 Å². The van der Waals surface area contributed by atoms with Gasteiger partial charge in [0, 0.05) is 51.2 Å². The van der Waals surface area contributed by atoms with Gasteiger partial charge in [0.15, 0.2) is 5.96 Å². The van der Waals surface area contributed by atoms with E-state index in [1.807, 2.05) is 11.8 Å². The molecule has 1 aliphatic carbocycles. The highest BCUT2D eigenvalue weighted by Gasteiger charge is 2.29. The predicted molar refractivity (Wildman–Crippen MR) is 105 cm³/mol. The second kappa shape index (κ2) is 9.66. The topological polar surface area (TPSA) is 60.0 Å². The molecule has 2 atom stereocenters. The van der Waals surface area contributed by atoms with Gasteiger partial charge in [-0.15, -0.1) is 24.0 Å². The molecular formula is C16H32IN5O. The highest BCUT2D eigenvalue weighted by atomic mass is 127. The number of aliphatic imine (C=N–C) groups is 1. The number of carbonyl (C=O) groups excluding carboxylic acids is 1. The first kappa shape index (κ1) is 20.5. The molecule has 0 aromatic carbocycles. The maximum atomic E-state index is 11.7. The average Bonchev–Trinajstić information content (AvgIpc) is 3.28. The quantitative estimate of drug-likeness (QED) is 0.373. The van der Waals surface area contributed by atoms with Crippen molar-refractivity contribution in [3.05, 3.63) is 0 Å². The highest BCUT2D eigenvalue weighted by molar-refractivity contribution is 14.0. The van der Waals surface area contributed by atoms with Crippen LogP contribution in [0.25, 0.3) is 0 Å². The first-order valence-electron chi connectivity index (χ1n) is 8.52. The number of amides is 1. The smallest absolute Gasteiger partial charge is 0.222 e. The summed E-state index contributed by atoms with van der Waals surface area (Å²) < 4.78 is 0. The monoisotopic (exact) mass is 437 g/mol. The number of likely N-dealkylation sites (tertiary alicyclic amines) is 1. The average molecular weight is 437 g/mol. The van der Waals surface area contributed by atoms with Crippen LogP contribution in [0.4, 0.5) is 0 Å². The Hall–Kier alpha value is -0.570. The standard InChI is InChI=1S/C16H31N5O.HI/c1-5-15(22)21-9-8-13(11-21)19-16(17-3)18-10-12(2)20(4)14-6-7-14;/h12-14H,5-11H2,1-4H3,(H2,17,18,19);1H. The van der Waals surface area contributed by atoms with E-state index in [-0.39, 0.29) is 29.9 Å². The van der Waals surface area contributed by atoms with E-state index in [1.54, 1.807) is 7.05 Å². The Morgan fingerprint density at radius 3 is 2.65 bits per heavy atom. The number of halogens is 1. The van der Waals surface area contributed by atoms with Crippen molar-refractivity contribution >= 4 is 35.8 Å². The molecule has 0 spiro atoms. The Kier molecular flexibility index (Phi) is 8.60. The predicted octanol–water partition coefficient (Wildman–Crippen LogP) is 1.26. The van der Waals surface area contributed by atoms with Crippen LogP contribution in [-0.4, -0.2) is 73.5 Å². The van der Waals surface area contributed by atoms with Gasteiger partial charge >= 0.3 is 0 Å². The Bertz CT molecular complexity index is 413. The van der Waals surface area contributed by atoms with Gasteiger partial charge in [-0.1, -0.05) is 6.92 Å². The van der Waals surface area contributed by atoms with Gasteiger partial charge < -0.3 is 15.5 Å². The maximum absolute atomic E-state index is 11.7. The van der Waals surface area contributed by atoms with Crippen LogP contribution >= 0.6 is 24.0 Å². The van der Waals surface area contributed by atoms with E-state index < -0.39 is 0 Å². The minimum absolute atomic E-state index is 0. The van der Waals surface area contributed by atoms with Crippen LogP contribution in [0.15, 0.2) is 4.99 Å². The van der Waals surface area contributed by atoms with E-state index in [0.717, 1.165) is 38.1 Å². The van der Waals surface area contributed by atoms with Crippen molar-refractivity contribution in [2.45, 2.75) is 57.7 Å². The molecule has 1 saturated carbocycles. The van der Waals surface area contributed by atoms with E-state index in [9.17, 15) is 4.79 Å². The summed E-state index contributed by atoms with van der Waals surface area (Å²) in [7, 11) is 4.00. The van der Waals surface area contributed by atoms with E-state index in [4.69, 9.17) is 0 Å². The van der Waals surface area contributed by atoms with Crippen LogP contribution in [-0.2, 0) is 4.79 Å². The Balaban J connectivity index is 0.00000264. The number of hydrogen-bond acceptors (Lipinski definition) is 3. The molecule has 1 saturated heterocycles. The van der Waals surface area contributed by atoms with E-state index in [1.165, 1.54) is 12.8 Å². The number of hydrogen-bond donors (Lipinski definition) is 2. The van der Waals surface area contributed by atoms with Crippen molar-refractivity contribution < 1.29 is 4.79 Å². The van der Waals surface area contributed by atoms with Crippen molar-refractivity contribution in [3.63, 3.8) is 0 Å². The lowest BCUT2D eigenvalue weighted by molar-refractivity contribution is -0.129. The molecule has 23 heavy (non-hydrogen) atoms. The molecule has 0 aromatic rings. The third kappa shape index (κ3) is 6.10. The summed E-state index contributed by atoms with van der Waals surface area (Å²) in [5.74, 6) is 1.08. The molecule has 2 unspecified atom stereocenters. The van der Waals surface area contributed by atoms with Gasteiger partial charge in [0.1, 0.15) is 0 Å². The lowest BCUT2D eigenvalue weighted by Crippen LogP contribution is -2.49. The number of carbonyl (C=O) groups is 1. The maximum Gasteiger partial charge on any atom is 0.222 e. The molecular weight excluding hydrogens is 405 g/mol. The lowest BCUT2D eigenvalue weighted by Gasteiger charge is -2.26. The van der Waals surface area contributed by atoms with Gasteiger partial charge in [-0.05, 0) is 33.2 Å². The van der Waals surface area contributed by atoms with Crippen molar-refractivity contribution in [1.82, 2.24) is 20.4 Å². The third-order valence-corrected chi connectivity index (χ3v) is 4.79. The Labute approximate surface area is 157 Å². The minimum atomic E-state index is 0. The van der Waals surface area contributed by atoms with Crippen LogP contribution in [0.1, 0.15) is 39.5 Å². The number of nitrogens with one attached hydrogen (secondary N) is 2. The van der Waals surface area contributed by atoms with Gasteiger partial charge in [-0.25, -0.2) is 0 Å². The van der Waals surface area contributed by atoms with E-state index in [2.05, 4.69) is 34.5 Å². The van der Waals surface area contributed by atoms with Crippen LogP contribution in [0.5, 0.6) is 0 Å². The molecule has 0 bridgehead atoms. The van der Waals surface area contributed by atoms with E-state index >= 15 is 0 Å². The molecule has 6 nitrogen and oxygen atoms in total. The van der Waals surface area contributed by atoms with Crippen LogP contribution in [0.3, 0.4) is 0 Å². The summed E-state index contributed by atoms with van der Waals surface area (Å²) in [6.07, 6.45) is 4.24. The molecule has 2 N–H and O–H groups in total. The summed E-state index contributed by atoms with van der Waals surface area (Å²) in [4.78, 5) is 20.4. The van der Waals surface area contributed by atoms with Gasteiger partial charge in [0.2, 0.25) is 5.91 Å². The zero-order chi connectivity index (χ0) is 16.1. The summed E-state index contributed by atoms with van der Waals surface area (Å²) in [5, 5.41) is 6.85. The second-order valence-corrected chi connectivity index (χ2v) is 6.52. The van der Waals surface area contributed by atoms with Crippen molar-refractivity contribution in [3.8, 4) is 0 Å². The molecule has 1 heterocycles. The largest absolute Gasteiger partial charge is 0.355 e. The van der Waals surface area contributed by atoms with E-state index in [0.29, 0.717) is 18.5 Å². The van der Waals surface area contributed by atoms with Crippen molar-refractivity contribution in [2.75, 3.05) is 33.7 Å². The number of guanidine groups is 1. The fourth-order valence-electron chi connectivity index (χ4n) is 2.95. The zero-order valence-electron chi connectivity index (χ0n) is 14.8. The highest BCUT2D eigenvalue weighted by Crippen LogP contribution is 2.26. The summed E-state index contributed by atoms with van der Waals surface area (Å²) in [5.41, 5.74) is 0. The first-order chi connectivity index (χ1) is 10.5. The Morgan fingerprint density at radius 2 is 2.09 bits per heavy atom. The van der Waals surface area contributed by atoms with Gasteiger partial charge in [0.05, 0.1) is 0 Å². The molecule has 2 rings (SSSR count). The van der Waals surface area contributed by atoms with Crippen LogP contribution in [0, 0.1) is 0 Å². The summed E-state index contributed by atoms with van der Waals surface area (Å²) in [6, 6.07) is 1.57. The Morgan fingerprint density at radius 1 is 1.39 bits per heavy atom. The molecule has 2 aliphatic rings. The van der Waals surface area contributed by atoms with Gasteiger partial charge in [0.25, 0.3) is 0 Å². The van der Waals surface area contributed by atoms with Crippen molar-refractivity contribution in [1.29, 1.82) is 0 Å². The van der Waals surface area contributed by atoms with Crippen molar-refractivity contribution in [2.24, 2.45) is 4.99 Å². The van der Waals surface area contributed by atoms with Gasteiger partial charge in [-0.2, -0.15) is 0 Å². The lowest BCUT2D eigenvalue weighted by atomic mass is 10.2. The molecule has 134 valence electrons. The zero-order valence-corrected chi connectivity index (χ0v) is 17.2. The normalized spacial score (nSPS) is 22.7. The summed E-state index contributed by atoms with van der Waals surface area (Å²) >= 11 is 0. The molecule has 1 amide bonds. The molecule has 1 aliphatic heterocycles. The SMILES string of the molecule is CCC(=O)N1CCC(NC(=NC)NCC(C)N(C)C2CC2)C1.I. The summed E-state index contributed by atoms with van der Waals surface area (Å²) in [6.45, 7) is 6.68. The fourth-order valence-corrected chi connectivity index (χ4v) is 2.95. The molecule has 7 heteroatoms. The van der Waals surface area contributed by atoms with Crippen LogP contribution in [0.2, 0.25) is 0 Å². The number of nitrogens with zero attached hydrogens (tertiary/aromatic N) is 3. The van der Waals surface area contributed by atoms with Gasteiger partial charge in [-0.3, -0.25) is 14.7 Å². The minimum Gasteiger partial charge on any atom is -0.355 e. The molecule has 2 fully saturated rings. The molecule has 0 aromatic heterocycles.